The second-order valence-electron chi connectivity index (χ2n) is 4.41. The Morgan fingerprint density at radius 2 is 2.06 bits per heavy atom. The fourth-order valence-corrected chi connectivity index (χ4v) is 1.63. The van der Waals surface area contributed by atoms with Gasteiger partial charge in [-0.15, -0.1) is 0 Å². The first-order valence-corrected chi connectivity index (χ1v) is 5.87. The molecule has 1 rings (SSSR count). The Morgan fingerprint density at radius 1 is 1.38 bits per heavy atom. The molecule has 2 heteroatoms. The van der Waals surface area contributed by atoms with Crippen LogP contribution in [0.15, 0.2) is 24.3 Å². The Labute approximate surface area is 97.3 Å². The Morgan fingerprint density at radius 3 is 2.62 bits per heavy atom. The first kappa shape index (κ1) is 12.9. The van der Waals surface area contributed by atoms with Crippen molar-refractivity contribution in [2.24, 2.45) is 0 Å². The van der Waals surface area contributed by atoms with Gasteiger partial charge in [-0.2, -0.15) is 0 Å². The van der Waals surface area contributed by atoms with Crippen LogP contribution < -0.4 is 0 Å². The van der Waals surface area contributed by atoms with Crippen molar-refractivity contribution in [1.82, 2.24) is 0 Å². The van der Waals surface area contributed by atoms with E-state index in [1.807, 2.05) is 25.1 Å². The van der Waals surface area contributed by atoms with E-state index in [0.717, 1.165) is 18.4 Å². The van der Waals surface area contributed by atoms with E-state index in [1.54, 1.807) is 13.0 Å². The van der Waals surface area contributed by atoms with Gasteiger partial charge in [-0.1, -0.05) is 38.5 Å². The first-order chi connectivity index (χ1) is 7.51. The molecule has 1 aromatic carbocycles. The van der Waals surface area contributed by atoms with Gasteiger partial charge in [0.1, 0.15) is 5.60 Å². The van der Waals surface area contributed by atoms with E-state index in [0.29, 0.717) is 12.0 Å². The molecule has 1 N–H and O–H groups in total. The summed E-state index contributed by atoms with van der Waals surface area (Å²) >= 11 is 0. The second kappa shape index (κ2) is 5.26. The van der Waals surface area contributed by atoms with Crippen LogP contribution in [0.25, 0.3) is 0 Å². The highest BCUT2D eigenvalue weighted by Gasteiger charge is 2.28. The minimum atomic E-state index is -1.25. The van der Waals surface area contributed by atoms with Crippen molar-refractivity contribution in [3.63, 3.8) is 0 Å². The van der Waals surface area contributed by atoms with Gasteiger partial charge in [0, 0.05) is 5.56 Å². The lowest BCUT2D eigenvalue weighted by Crippen LogP contribution is -2.34. The fourth-order valence-electron chi connectivity index (χ4n) is 1.63. The van der Waals surface area contributed by atoms with Gasteiger partial charge in [0.25, 0.3) is 0 Å². The van der Waals surface area contributed by atoms with Crippen molar-refractivity contribution in [1.29, 1.82) is 0 Å². The van der Waals surface area contributed by atoms with Crippen LogP contribution in [-0.4, -0.2) is 16.5 Å². The van der Waals surface area contributed by atoms with Gasteiger partial charge in [0.15, 0.2) is 5.78 Å². The van der Waals surface area contributed by atoms with Crippen LogP contribution >= 0.6 is 0 Å². The van der Waals surface area contributed by atoms with Gasteiger partial charge in [0.2, 0.25) is 0 Å². The Kier molecular flexibility index (Phi) is 4.25. The zero-order valence-corrected chi connectivity index (χ0v) is 10.3. The number of aryl methyl sites for hydroxylation is 1. The first-order valence-electron chi connectivity index (χ1n) is 5.87. The van der Waals surface area contributed by atoms with Crippen LogP contribution in [0.5, 0.6) is 0 Å². The topological polar surface area (TPSA) is 37.3 Å². The number of hydrogen-bond acceptors (Lipinski definition) is 2. The quantitative estimate of drug-likeness (QED) is 0.774. The molecule has 16 heavy (non-hydrogen) atoms. The standard InChI is InChI=1S/C14H20O2/c1-4-7-11-8-6-9-12(10-11)13(15)14(3,16)5-2/h6,8-10,16H,4-5,7H2,1-3H3. The molecule has 0 fully saturated rings. The van der Waals surface area contributed by atoms with E-state index >= 15 is 0 Å². The third-order valence-corrected chi connectivity index (χ3v) is 2.91. The lowest BCUT2D eigenvalue weighted by Gasteiger charge is -2.19. The molecule has 0 aliphatic heterocycles. The van der Waals surface area contributed by atoms with Gasteiger partial charge in [0.05, 0.1) is 0 Å². The van der Waals surface area contributed by atoms with E-state index in [2.05, 4.69) is 6.92 Å². The summed E-state index contributed by atoms with van der Waals surface area (Å²) in [6.45, 7) is 5.49. The zero-order valence-electron chi connectivity index (χ0n) is 10.3. The average Bonchev–Trinajstić information content (AvgIpc) is 2.29. The van der Waals surface area contributed by atoms with Gasteiger partial charge in [-0.3, -0.25) is 4.79 Å². The Bertz CT molecular complexity index is 367. The maximum atomic E-state index is 12.0. The van der Waals surface area contributed by atoms with Gasteiger partial charge >= 0.3 is 0 Å². The SMILES string of the molecule is CCCc1cccc(C(=O)C(C)(O)CC)c1. The van der Waals surface area contributed by atoms with Crippen molar-refractivity contribution < 1.29 is 9.90 Å². The van der Waals surface area contributed by atoms with Crippen LogP contribution in [0, 0.1) is 0 Å². The van der Waals surface area contributed by atoms with Crippen molar-refractivity contribution >= 4 is 5.78 Å². The second-order valence-corrected chi connectivity index (χ2v) is 4.41. The average molecular weight is 220 g/mol. The lowest BCUT2D eigenvalue weighted by atomic mass is 9.91. The fraction of sp³-hybridized carbons (Fsp3) is 0.500. The molecule has 0 aliphatic rings. The molecule has 0 saturated carbocycles. The van der Waals surface area contributed by atoms with E-state index in [9.17, 15) is 9.90 Å². The minimum Gasteiger partial charge on any atom is -0.382 e. The molecule has 1 atom stereocenters. The molecular formula is C14H20O2. The van der Waals surface area contributed by atoms with Gasteiger partial charge in [-0.05, 0) is 31.4 Å². The third-order valence-electron chi connectivity index (χ3n) is 2.91. The van der Waals surface area contributed by atoms with Crippen molar-refractivity contribution in [3.05, 3.63) is 35.4 Å². The van der Waals surface area contributed by atoms with E-state index < -0.39 is 5.60 Å². The summed E-state index contributed by atoms with van der Waals surface area (Å²) in [6, 6.07) is 7.55. The molecule has 88 valence electrons. The molecular weight excluding hydrogens is 200 g/mol. The number of benzene rings is 1. The Balaban J connectivity index is 2.96. The molecule has 0 heterocycles. The van der Waals surface area contributed by atoms with Crippen molar-refractivity contribution in [3.8, 4) is 0 Å². The summed E-state index contributed by atoms with van der Waals surface area (Å²) < 4.78 is 0. The smallest absolute Gasteiger partial charge is 0.194 e. The van der Waals surface area contributed by atoms with E-state index in [4.69, 9.17) is 0 Å². The Hall–Kier alpha value is -1.15. The van der Waals surface area contributed by atoms with Crippen molar-refractivity contribution in [2.75, 3.05) is 0 Å². The van der Waals surface area contributed by atoms with Crippen LogP contribution in [0.4, 0.5) is 0 Å². The van der Waals surface area contributed by atoms with Crippen LogP contribution in [0.1, 0.15) is 49.5 Å². The third kappa shape index (κ3) is 2.92. The zero-order chi connectivity index (χ0) is 12.2. The predicted molar refractivity (Wildman–Crippen MR) is 65.7 cm³/mol. The monoisotopic (exact) mass is 220 g/mol. The van der Waals surface area contributed by atoms with E-state index in [1.165, 1.54) is 0 Å². The van der Waals surface area contributed by atoms with Crippen molar-refractivity contribution in [2.45, 2.75) is 45.6 Å². The maximum absolute atomic E-state index is 12.0. The summed E-state index contributed by atoms with van der Waals surface area (Å²) in [6.07, 6.45) is 2.46. The number of carbonyl (C=O) groups excluding carboxylic acids is 1. The molecule has 0 amide bonds. The number of hydrogen-bond donors (Lipinski definition) is 1. The lowest BCUT2D eigenvalue weighted by molar-refractivity contribution is 0.0390. The molecule has 2 nitrogen and oxygen atoms in total. The van der Waals surface area contributed by atoms with E-state index in [-0.39, 0.29) is 5.78 Å². The molecule has 0 aromatic heterocycles. The highest BCUT2D eigenvalue weighted by atomic mass is 16.3. The highest BCUT2D eigenvalue weighted by Crippen LogP contribution is 2.18. The number of Topliss-reactive ketones (excluding diaryl/α,β-unsaturated/α-hetero) is 1. The summed E-state index contributed by atoms with van der Waals surface area (Å²) in [7, 11) is 0. The number of carbonyl (C=O) groups is 1. The highest BCUT2D eigenvalue weighted by molar-refractivity contribution is 6.02. The van der Waals surface area contributed by atoms with Crippen LogP contribution in [0.2, 0.25) is 0 Å². The summed E-state index contributed by atoms with van der Waals surface area (Å²) in [5.74, 6) is -0.187. The van der Waals surface area contributed by atoms with Gasteiger partial charge in [-0.25, -0.2) is 0 Å². The van der Waals surface area contributed by atoms with Gasteiger partial charge < -0.3 is 5.11 Å². The summed E-state index contributed by atoms with van der Waals surface area (Å²) in [4.78, 5) is 12.0. The summed E-state index contributed by atoms with van der Waals surface area (Å²) in [5.41, 5.74) is 0.517. The predicted octanol–water partition coefficient (Wildman–Crippen LogP) is 2.98. The minimum absolute atomic E-state index is 0.187. The largest absolute Gasteiger partial charge is 0.382 e. The number of aliphatic hydroxyl groups is 1. The molecule has 1 aromatic rings. The molecule has 0 spiro atoms. The molecule has 0 aliphatic carbocycles. The number of ketones is 1. The van der Waals surface area contributed by atoms with Crippen LogP contribution in [0.3, 0.4) is 0 Å². The molecule has 0 radical (unpaired) electrons. The number of rotatable bonds is 5. The molecule has 1 unspecified atom stereocenters. The maximum Gasteiger partial charge on any atom is 0.194 e. The molecule has 0 saturated heterocycles. The summed E-state index contributed by atoms with van der Waals surface area (Å²) in [5, 5.41) is 9.92. The normalized spacial score (nSPS) is 14.5. The van der Waals surface area contributed by atoms with Crippen LogP contribution in [-0.2, 0) is 6.42 Å². The molecule has 0 bridgehead atoms.